The number of methoxy groups -OCH3 is 1. The molecule has 1 aromatic rings. The number of hydrogen-bond donors (Lipinski definition) is 2. The lowest BCUT2D eigenvalue weighted by atomic mass is 10.2. The molecular formula is C15H18ClN3O2. The molecule has 0 heterocycles. The Bertz CT molecular complexity index is 538. The van der Waals surface area contributed by atoms with Gasteiger partial charge in [-0.15, -0.1) is 11.6 Å². The zero-order chi connectivity index (χ0) is 15.5. The zero-order valence-electron chi connectivity index (χ0n) is 11.9. The molecule has 0 fully saturated rings. The number of rotatable bonds is 8. The molecule has 0 atom stereocenters. The van der Waals surface area contributed by atoms with Crippen LogP contribution in [0.3, 0.4) is 0 Å². The predicted octanol–water partition coefficient (Wildman–Crippen LogP) is 1.94. The largest absolute Gasteiger partial charge is 0.496 e. The number of benzene rings is 1. The molecule has 2 N–H and O–H groups in total. The van der Waals surface area contributed by atoms with Gasteiger partial charge in [0.2, 0.25) is 0 Å². The fourth-order valence-electron chi connectivity index (χ4n) is 1.62. The van der Waals surface area contributed by atoms with Gasteiger partial charge < -0.3 is 15.4 Å². The minimum Gasteiger partial charge on any atom is -0.496 e. The van der Waals surface area contributed by atoms with Crippen LogP contribution in [0.2, 0.25) is 0 Å². The van der Waals surface area contributed by atoms with Gasteiger partial charge in [-0.1, -0.05) is 18.2 Å². The number of alkyl halides is 1. The van der Waals surface area contributed by atoms with Gasteiger partial charge in [0.25, 0.3) is 5.91 Å². The Hall–Kier alpha value is -2.19. The molecule has 1 rings (SSSR count). The lowest BCUT2D eigenvalue weighted by Crippen LogP contribution is -2.26. The summed E-state index contributed by atoms with van der Waals surface area (Å²) in [6, 6.07) is 9.40. The van der Waals surface area contributed by atoms with E-state index in [2.05, 4.69) is 10.6 Å². The number of nitriles is 1. The monoisotopic (exact) mass is 307 g/mol. The summed E-state index contributed by atoms with van der Waals surface area (Å²) in [4.78, 5) is 11.7. The summed E-state index contributed by atoms with van der Waals surface area (Å²) < 4.78 is 5.22. The van der Waals surface area contributed by atoms with Gasteiger partial charge >= 0.3 is 0 Å². The van der Waals surface area contributed by atoms with Gasteiger partial charge in [-0.3, -0.25) is 4.79 Å². The van der Waals surface area contributed by atoms with Crippen molar-refractivity contribution in [1.82, 2.24) is 10.6 Å². The first-order valence-corrected chi connectivity index (χ1v) is 7.06. The molecule has 0 bridgehead atoms. The molecule has 0 saturated heterocycles. The molecule has 0 radical (unpaired) electrons. The third-order valence-electron chi connectivity index (χ3n) is 2.69. The number of nitrogens with zero attached hydrogens (tertiary/aromatic N) is 1. The quantitative estimate of drug-likeness (QED) is 0.333. The van der Waals surface area contributed by atoms with E-state index in [1.165, 1.54) is 6.20 Å². The molecule has 21 heavy (non-hydrogen) atoms. The Balaban J connectivity index is 2.57. The average Bonchev–Trinajstić information content (AvgIpc) is 2.52. The predicted molar refractivity (Wildman–Crippen MR) is 81.9 cm³/mol. The van der Waals surface area contributed by atoms with Crippen molar-refractivity contribution >= 4 is 17.5 Å². The first-order chi connectivity index (χ1) is 10.2. The Morgan fingerprint density at radius 2 is 2.24 bits per heavy atom. The SMILES string of the molecule is COc1ccccc1CN/C=C(/C#N)C(=O)NCCCCl. The number of para-hydroxylation sites is 1. The van der Waals surface area contributed by atoms with E-state index in [-0.39, 0.29) is 5.57 Å². The summed E-state index contributed by atoms with van der Waals surface area (Å²) in [5.74, 6) is 0.816. The molecule has 0 aliphatic heterocycles. The molecule has 0 aliphatic rings. The van der Waals surface area contributed by atoms with E-state index in [9.17, 15) is 4.79 Å². The van der Waals surface area contributed by atoms with Gasteiger partial charge in [-0.25, -0.2) is 0 Å². The van der Waals surface area contributed by atoms with Crippen LogP contribution in [0.5, 0.6) is 5.75 Å². The number of carbonyl (C=O) groups excluding carboxylic acids is 1. The van der Waals surface area contributed by atoms with Crippen molar-refractivity contribution in [3.8, 4) is 11.8 Å². The van der Waals surface area contributed by atoms with E-state index in [1.807, 2.05) is 30.3 Å². The average molecular weight is 308 g/mol. The molecule has 0 unspecified atom stereocenters. The van der Waals surface area contributed by atoms with Crippen molar-refractivity contribution in [2.24, 2.45) is 0 Å². The minimum absolute atomic E-state index is 0.0273. The van der Waals surface area contributed by atoms with Crippen molar-refractivity contribution in [2.45, 2.75) is 13.0 Å². The second-order valence-corrected chi connectivity index (χ2v) is 4.54. The molecule has 0 aliphatic carbocycles. The first kappa shape index (κ1) is 16.9. The maximum atomic E-state index is 11.7. The summed E-state index contributed by atoms with van der Waals surface area (Å²) in [5, 5.41) is 14.6. The normalized spacial score (nSPS) is 10.6. The maximum absolute atomic E-state index is 11.7. The van der Waals surface area contributed by atoms with Crippen LogP contribution in [0.15, 0.2) is 36.0 Å². The van der Waals surface area contributed by atoms with Crippen molar-refractivity contribution < 1.29 is 9.53 Å². The summed E-state index contributed by atoms with van der Waals surface area (Å²) in [5.41, 5.74) is 0.968. The Kier molecular flexibility index (Phi) is 7.77. The third kappa shape index (κ3) is 5.76. The van der Waals surface area contributed by atoms with Gasteiger partial charge in [0.1, 0.15) is 17.4 Å². The van der Waals surface area contributed by atoms with E-state index < -0.39 is 5.91 Å². The van der Waals surface area contributed by atoms with Crippen molar-refractivity contribution in [3.63, 3.8) is 0 Å². The fraction of sp³-hybridized carbons (Fsp3) is 0.333. The smallest absolute Gasteiger partial charge is 0.263 e. The summed E-state index contributed by atoms with van der Waals surface area (Å²) >= 11 is 5.52. The van der Waals surface area contributed by atoms with Crippen LogP contribution in [0, 0.1) is 11.3 Å². The fourth-order valence-corrected chi connectivity index (χ4v) is 1.76. The van der Waals surface area contributed by atoms with E-state index >= 15 is 0 Å². The standard InChI is InChI=1S/C15H18ClN3O2/c1-21-14-6-3-2-5-12(14)10-18-11-13(9-17)15(20)19-8-4-7-16/h2-3,5-6,11,18H,4,7-8,10H2,1H3,(H,19,20)/b13-11-. The number of hydrogen-bond acceptors (Lipinski definition) is 4. The molecule has 1 amide bonds. The Morgan fingerprint density at radius 3 is 2.90 bits per heavy atom. The molecule has 5 nitrogen and oxygen atoms in total. The molecular weight excluding hydrogens is 290 g/mol. The highest BCUT2D eigenvalue weighted by Gasteiger charge is 2.07. The van der Waals surface area contributed by atoms with E-state index in [4.69, 9.17) is 21.6 Å². The first-order valence-electron chi connectivity index (χ1n) is 6.52. The van der Waals surface area contributed by atoms with Gasteiger partial charge in [0.15, 0.2) is 0 Å². The molecule has 6 heteroatoms. The highest BCUT2D eigenvalue weighted by atomic mass is 35.5. The second kappa shape index (κ2) is 9.67. The van der Waals surface area contributed by atoms with Gasteiger partial charge in [-0.2, -0.15) is 5.26 Å². The number of halogens is 1. The van der Waals surface area contributed by atoms with Crippen molar-refractivity contribution in [1.29, 1.82) is 5.26 Å². The minimum atomic E-state index is -0.407. The van der Waals surface area contributed by atoms with Crippen molar-refractivity contribution in [3.05, 3.63) is 41.6 Å². The number of nitrogens with one attached hydrogen (secondary N) is 2. The zero-order valence-corrected chi connectivity index (χ0v) is 12.6. The Morgan fingerprint density at radius 1 is 1.48 bits per heavy atom. The number of amides is 1. The van der Waals surface area contributed by atoms with Crippen LogP contribution in [0.4, 0.5) is 0 Å². The lowest BCUT2D eigenvalue weighted by Gasteiger charge is -2.08. The highest BCUT2D eigenvalue weighted by Crippen LogP contribution is 2.16. The summed E-state index contributed by atoms with van der Waals surface area (Å²) in [6.07, 6.45) is 2.07. The lowest BCUT2D eigenvalue weighted by molar-refractivity contribution is -0.117. The Labute approximate surface area is 129 Å². The van der Waals surface area contributed by atoms with E-state index in [1.54, 1.807) is 7.11 Å². The molecule has 0 saturated carbocycles. The number of ether oxygens (including phenoxy) is 1. The highest BCUT2D eigenvalue weighted by molar-refractivity contribution is 6.17. The van der Waals surface area contributed by atoms with E-state index in [0.717, 1.165) is 11.3 Å². The molecule has 0 aromatic heterocycles. The van der Waals surface area contributed by atoms with Crippen LogP contribution in [-0.4, -0.2) is 25.4 Å². The molecule has 1 aromatic carbocycles. The van der Waals surface area contributed by atoms with Crippen LogP contribution in [0.1, 0.15) is 12.0 Å². The maximum Gasteiger partial charge on any atom is 0.263 e. The third-order valence-corrected chi connectivity index (χ3v) is 2.96. The molecule has 0 spiro atoms. The van der Waals surface area contributed by atoms with Crippen LogP contribution in [0.25, 0.3) is 0 Å². The topological polar surface area (TPSA) is 74.1 Å². The van der Waals surface area contributed by atoms with Gasteiger partial charge in [0.05, 0.1) is 7.11 Å². The van der Waals surface area contributed by atoms with Crippen LogP contribution >= 0.6 is 11.6 Å². The van der Waals surface area contributed by atoms with Gasteiger partial charge in [-0.05, 0) is 12.5 Å². The number of carbonyl (C=O) groups is 1. The van der Waals surface area contributed by atoms with Crippen molar-refractivity contribution in [2.75, 3.05) is 19.5 Å². The molecule has 112 valence electrons. The summed E-state index contributed by atoms with van der Waals surface area (Å²) in [6.45, 7) is 0.915. The second-order valence-electron chi connectivity index (χ2n) is 4.16. The summed E-state index contributed by atoms with van der Waals surface area (Å²) in [7, 11) is 1.60. The van der Waals surface area contributed by atoms with Crippen LogP contribution in [-0.2, 0) is 11.3 Å². The van der Waals surface area contributed by atoms with Crippen LogP contribution < -0.4 is 15.4 Å². The van der Waals surface area contributed by atoms with E-state index in [0.29, 0.717) is 25.4 Å². The van der Waals surface area contributed by atoms with Gasteiger partial charge in [0, 0.05) is 30.7 Å².